The van der Waals surface area contributed by atoms with Crippen molar-refractivity contribution in [3.05, 3.63) is 70.3 Å². The molecule has 60 heavy (non-hydrogen) atoms. The van der Waals surface area contributed by atoms with Crippen LogP contribution in [0.3, 0.4) is 0 Å². The number of methoxy groups -OCH3 is 1. The van der Waals surface area contributed by atoms with Crippen LogP contribution in [-0.2, 0) is 23.8 Å². The van der Waals surface area contributed by atoms with Gasteiger partial charge in [-0.25, -0.2) is 0 Å². The molecule has 1 spiro atoms. The van der Waals surface area contributed by atoms with Crippen molar-refractivity contribution >= 4 is 29.2 Å². The van der Waals surface area contributed by atoms with E-state index in [4.69, 9.17) is 23.9 Å². The van der Waals surface area contributed by atoms with Crippen molar-refractivity contribution in [3.8, 4) is 11.5 Å². The van der Waals surface area contributed by atoms with E-state index in [-0.39, 0.29) is 45.1 Å². The third-order valence-corrected chi connectivity index (χ3v) is 12.6. The van der Waals surface area contributed by atoms with Crippen LogP contribution in [0.15, 0.2) is 58.6 Å². The highest BCUT2D eigenvalue weighted by atomic mass is 16.7. The molecule has 6 rings (SSSR count). The number of carbonyl (C=O) groups is 4. The molecule has 1 aromatic rings. The van der Waals surface area contributed by atoms with E-state index in [1.165, 1.54) is 39.4 Å². The molecule has 15 heteroatoms. The van der Waals surface area contributed by atoms with Gasteiger partial charge in [0.05, 0.1) is 47.1 Å². The van der Waals surface area contributed by atoms with Crippen molar-refractivity contribution in [2.45, 2.75) is 111 Å². The monoisotopic (exact) mass is 832 g/mol. The van der Waals surface area contributed by atoms with E-state index in [1.807, 2.05) is 0 Å². The first-order chi connectivity index (χ1) is 28.2. The smallest absolute Gasteiger partial charge is 0.312 e. The Balaban J connectivity index is 1.47. The molecule has 1 fully saturated rings. The molecule has 4 aliphatic heterocycles. The molecular formula is C45H60N4O11. The number of Topliss-reactive ketones (excluding diaryl/α,β-unsaturated/α-hetero) is 2. The van der Waals surface area contributed by atoms with Crippen LogP contribution in [0, 0.1) is 29.6 Å². The molecule has 0 unspecified atom stereocenters. The zero-order valence-corrected chi connectivity index (χ0v) is 36.2. The van der Waals surface area contributed by atoms with E-state index in [0.717, 1.165) is 19.6 Å². The molecule has 0 aromatic heterocycles. The summed E-state index contributed by atoms with van der Waals surface area (Å²) in [6.45, 7) is 17.9. The van der Waals surface area contributed by atoms with Crippen molar-refractivity contribution in [1.29, 1.82) is 0 Å². The number of aliphatic hydroxyl groups is 2. The Kier molecular flexibility index (Phi) is 12.9. The van der Waals surface area contributed by atoms with Gasteiger partial charge in [-0.3, -0.25) is 24.2 Å². The summed E-state index contributed by atoms with van der Waals surface area (Å²) in [6.07, 6.45) is 5.04. The molecule has 9 atom stereocenters. The molecule has 15 nitrogen and oxygen atoms in total. The second kappa shape index (κ2) is 17.3. The Morgan fingerprint density at radius 2 is 1.68 bits per heavy atom. The standard InChI is InChI=1S/C45H60N4O11/c1-22(2)21-49-17-15-45(16-18-49)47-35-34-32-29(51)20-31-33(34)42(55)44(9,60-31)58-19-14-30(57-10)25(5)41(59-28(8)50)27(7)39(53)26(6)38(52)23(3)12-11-13-24(4)43(56)46-37(40(32)54)36(35)48-45/h11-14,19-20,22-23,25-27,30,38-39,41,48,51-53H,15-18,21H2,1-10H3,(H,46,56)/b12-11+,19-14+,24-13-/t23-,25+,26+,27+,30-,38-,39+,41+,44-/m0/s1. The van der Waals surface area contributed by atoms with Crippen molar-refractivity contribution in [1.82, 2.24) is 15.5 Å². The lowest BCUT2D eigenvalue weighted by molar-refractivity contribution is -0.160. The summed E-state index contributed by atoms with van der Waals surface area (Å²) in [6, 6.07) is 1.19. The summed E-state index contributed by atoms with van der Waals surface area (Å²) in [5.41, 5.74) is -0.365. The van der Waals surface area contributed by atoms with Gasteiger partial charge in [0.25, 0.3) is 11.7 Å². The van der Waals surface area contributed by atoms with Gasteiger partial charge in [-0.15, -0.1) is 0 Å². The first kappa shape index (κ1) is 44.7. The summed E-state index contributed by atoms with van der Waals surface area (Å²) in [7, 11) is 1.46. The average molecular weight is 833 g/mol. The van der Waals surface area contributed by atoms with Gasteiger partial charge in [0.15, 0.2) is 0 Å². The van der Waals surface area contributed by atoms with Crippen LogP contribution in [0.1, 0.15) is 101 Å². The number of fused-ring (bicyclic) bond motifs is 3. The number of benzene rings is 1. The lowest BCUT2D eigenvalue weighted by Crippen LogP contribution is -2.50. The molecule has 5 bridgehead atoms. The van der Waals surface area contributed by atoms with Crippen LogP contribution in [-0.4, -0.2) is 112 Å². The maximum absolute atomic E-state index is 14.6. The van der Waals surface area contributed by atoms with Crippen LogP contribution >= 0.6 is 0 Å². The normalized spacial score (nSPS) is 34.2. The minimum atomic E-state index is -1.96. The molecule has 326 valence electrons. The van der Waals surface area contributed by atoms with Crippen LogP contribution in [0.25, 0.3) is 0 Å². The van der Waals surface area contributed by atoms with Crippen LogP contribution < -0.4 is 15.4 Å². The molecule has 0 radical (unpaired) electrons. The summed E-state index contributed by atoms with van der Waals surface area (Å²) < 4.78 is 23.7. The van der Waals surface area contributed by atoms with Crippen LogP contribution in [0.5, 0.6) is 11.5 Å². The number of amides is 1. The summed E-state index contributed by atoms with van der Waals surface area (Å²) >= 11 is 0. The molecule has 4 heterocycles. The number of ketones is 2. The highest BCUT2D eigenvalue weighted by Crippen LogP contribution is 2.48. The quantitative estimate of drug-likeness (QED) is 0.269. The van der Waals surface area contributed by atoms with Gasteiger partial charge in [0, 0.05) is 94.3 Å². The number of rotatable bonds is 4. The number of aliphatic imine (C=N–C) groups is 1. The number of nitrogens with one attached hydrogen (secondary N) is 2. The molecule has 1 aromatic carbocycles. The van der Waals surface area contributed by atoms with E-state index < -0.39 is 88.7 Å². The van der Waals surface area contributed by atoms with Gasteiger partial charge in [-0.2, -0.15) is 0 Å². The largest absolute Gasteiger partial charge is 0.507 e. The first-order valence-corrected chi connectivity index (χ1v) is 20.8. The third kappa shape index (κ3) is 8.41. The fourth-order valence-electron chi connectivity index (χ4n) is 9.06. The number of nitrogens with zero attached hydrogens (tertiary/aromatic N) is 2. The van der Waals surface area contributed by atoms with Gasteiger partial charge >= 0.3 is 11.8 Å². The van der Waals surface area contributed by atoms with E-state index in [0.29, 0.717) is 18.8 Å². The van der Waals surface area contributed by atoms with Gasteiger partial charge in [-0.05, 0) is 18.9 Å². The summed E-state index contributed by atoms with van der Waals surface area (Å²) in [4.78, 5) is 62.8. The number of phenolic OH excluding ortho intramolecular Hbond substituents is 1. The van der Waals surface area contributed by atoms with E-state index in [2.05, 4.69) is 29.4 Å². The average Bonchev–Trinajstić information content (AvgIpc) is 3.68. The minimum Gasteiger partial charge on any atom is -0.507 e. The predicted octanol–water partition coefficient (Wildman–Crippen LogP) is 4.31. The number of allylic oxidation sites excluding steroid dienone is 4. The Morgan fingerprint density at radius 1 is 1.00 bits per heavy atom. The number of piperidine rings is 1. The highest BCUT2D eigenvalue weighted by molar-refractivity contribution is 6.34. The number of aliphatic hydroxyl groups excluding tert-OH is 2. The maximum atomic E-state index is 14.6. The molecule has 1 saturated heterocycles. The van der Waals surface area contributed by atoms with Gasteiger partial charge < -0.3 is 49.8 Å². The van der Waals surface area contributed by atoms with Crippen LogP contribution in [0.2, 0.25) is 0 Å². The van der Waals surface area contributed by atoms with Gasteiger partial charge in [-0.1, -0.05) is 59.8 Å². The van der Waals surface area contributed by atoms with Crippen molar-refractivity contribution in [2.75, 3.05) is 26.7 Å². The molecule has 1 amide bonds. The number of ether oxygens (including phenoxy) is 4. The lowest BCUT2D eigenvalue weighted by atomic mass is 9.78. The minimum absolute atomic E-state index is 0.000243. The number of phenols is 1. The second-order valence-corrected chi connectivity index (χ2v) is 17.6. The number of hydrogen-bond acceptors (Lipinski definition) is 14. The summed E-state index contributed by atoms with van der Waals surface area (Å²) in [5, 5.41) is 40.7. The number of likely N-dealkylation sites (tertiary alicyclic amines) is 1. The van der Waals surface area contributed by atoms with Gasteiger partial charge in [0.1, 0.15) is 29.0 Å². The number of esters is 1. The maximum Gasteiger partial charge on any atom is 0.312 e. The Bertz CT molecular complexity index is 2060. The number of hydrogen-bond donors (Lipinski definition) is 5. The van der Waals surface area contributed by atoms with Crippen molar-refractivity contribution < 1.29 is 53.4 Å². The fraction of sp³-hybridized carbons (Fsp3) is 0.578. The number of carbonyl (C=O) groups excluding carboxylic acids is 4. The van der Waals surface area contributed by atoms with Crippen molar-refractivity contribution in [2.24, 2.45) is 34.6 Å². The molecule has 5 aliphatic rings. The zero-order chi connectivity index (χ0) is 44.0. The molecule has 0 saturated carbocycles. The van der Waals surface area contributed by atoms with E-state index >= 15 is 0 Å². The van der Waals surface area contributed by atoms with E-state index in [1.54, 1.807) is 52.8 Å². The Labute approximate surface area is 351 Å². The first-order valence-electron chi connectivity index (χ1n) is 20.8. The third-order valence-electron chi connectivity index (χ3n) is 12.6. The Hall–Kier alpha value is -4.83. The lowest BCUT2D eigenvalue weighted by Gasteiger charge is -2.38. The molecule has 1 aliphatic carbocycles. The van der Waals surface area contributed by atoms with Crippen molar-refractivity contribution in [3.63, 3.8) is 0 Å². The van der Waals surface area contributed by atoms with Gasteiger partial charge in [0.2, 0.25) is 5.78 Å². The highest BCUT2D eigenvalue weighted by Gasteiger charge is 2.53. The predicted molar refractivity (Wildman–Crippen MR) is 222 cm³/mol. The zero-order valence-electron chi connectivity index (χ0n) is 36.2. The number of aromatic hydroxyl groups is 1. The second-order valence-electron chi connectivity index (χ2n) is 17.6. The Morgan fingerprint density at radius 3 is 2.32 bits per heavy atom. The van der Waals surface area contributed by atoms with Crippen LogP contribution in [0.4, 0.5) is 0 Å². The topological polar surface area (TPSA) is 206 Å². The SMILES string of the molecule is CO[C@H]1/C=C/O[C@@]2(C)Oc3cc(O)c4c(c3C2=O)C2=NC3(CCN(CC(C)C)CC3)NC2=C(NC(=O)/C(C)=C\C=C\[C@H](C)[C@H](O)[C@@H](C)[C@@H](O)[C@@H](C)[C@H](OC(C)=O)[C@@H]1C)C4=O. The summed E-state index contributed by atoms with van der Waals surface area (Å²) in [5.74, 6) is -6.87. The van der Waals surface area contributed by atoms with E-state index in [9.17, 15) is 34.5 Å². The molecular weight excluding hydrogens is 773 g/mol. The fourth-order valence-corrected chi connectivity index (χ4v) is 9.06. The molecule has 5 N–H and O–H groups in total.